The van der Waals surface area contributed by atoms with E-state index in [1.807, 2.05) is 6.20 Å². The predicted molar refractivity (Wildman–Crippen MR) is 86.4 cm³/mol. The highest BCUT2D eigenvalue weighted by Gasteiger charge is 2.20. The van der Waals surface area contributed by atoms with E-state index in [2.05, 4.69) is 21.6 Å². The average Bonchev–Trinajstić information content (AvgIpc) is 3.07. The average molecular weight is 311 g/mol. The summed E-state index contributed by atoms with van der Waals surface area (Å²) in [4.78, 5) is 13.0. The molecule has 122 valence electrons. The van der Waals surface area contributed by atoms with Crippen LogP contribution in [0, 0.1) is 0 Å². The fourth-order valence-corrected chi connectivity index (χ4v) is 1.98. The van der Waals surface area contributed by atoms with Gasteiger partial charge in [0.1, 0.15) is 6.04 Å². The van der Waals surface area contributed by atoms with Crippen molar-refractivity contribution in [1.29, 1.82) is 0 Å². The Labute approximate surface area is 139 Å². The summed E-state index contributed by atoms with van der Waals surface area (Å²) in [6.45, 7) is 2.47. The van der Waals surface area contributed by atoms with Crippen LogP contribution in [-0.4, -0.2) is 52.1 Å². The first kappa shape index (κ1) is 11.6. The molecule has 6 nitrogen and oxygen atoms in total. The lowest BCUT2D eigenvalue weighted by Gasteiger charge is -2.25. The Kier molecular flexibility index (Phi) is 5.21. The molecule has 0 saturated heterocycles. The molecular formula is C16H26N4O2. The number of nitrogens with zero attached hydrogens (tertiary/aromatic N) is 4. The number of aryl methyl sites for hydroxylation is 1. The van der Waals surface area contributed by atoms with Gasteiger partial charge in [-0.25, -0.2) is 4.68 Å². The molecule has 6 heteroatoms. The summed E-state index contributed by atoms with van der Waals surface area (Å²) in [5.74, 6) is -0.643. The third-order valence-electron chi connectivity index (χ3n) is 3.19. The SMILES string of the molecule is [2H]C([2H])=C([2H])C([2H])([2H])N(CCCCc1cn(CC=C)nn1)[C@@H](C)C(=O)OC. The van der Waals surface area contributed by atoms with Crippen LogP contribution in [0.25, 0.3) is 0 Å². The molecule has 1 aromatic heterocycles. The van der Waals surface area contributed by atoms with Crippen LogP contribution in [0.1, 0.15) is 32.3 Å². The standard InChI is InChI=1S/C16H26N4O2/c1-5-10-19(14(3)16(21)22-4)12-8-7-9-15-13-20(11-6-2)18-17-15/h5-6,13-14H,1-2,7-12H2,3-4H3/t14-/m0/s1/i1D2,5D,10D2. The maximum absolute atomic E-state index is 11.9. The van der Waals surface area contributed by atoms with Gasteiger partial charge in [-0.1, -0.05) is 17.3 Å². The lowest BCUT2D eigenvalue weighted by Crippen LogP contribution is -2.40. The molecule has 0 fully saturated rings. The molecule has 0 amide bonds. The zero-order valence-corrected chi connectivity index (χ0v) is 13.1. The summed E-state index contributed by atoms with van der Waals surface area (Å²) < 4.78 is 44.8. The van der Waals surface area contributed by atoms with Crippen molar-refractivity contribution in [3.05, 3.63) is 37.1 Å². The van der Waals surface area contributed by atoms with E-state index in [0.717, 1.165) is 10.6 Å². The highest BCUT2D eigenvalue weighted by Crippen LogP contribution is 2.07. The minimum Gasteiger partial charge on any atom is -0.468 e. The minimum absolute atomic E-state index is 0.153. The second-order valence-electron chi connectivity index (χ2n) is 4.81. The number of hydrogen-bond acceptors (Lipinski definition) is 5. The van der Waals surface area contributed by atoms with E-state index in [-0.39, 0.29) is 6.54 Å². The molecule has 0 saturated carbocycles. The molecule has 22 heavy (non-hydrogen) atoms. The molecule has 0 aliphatic carbocycles. The van der Waals surface area contributed by atoms with Crippen molar-refractivity contribution in [3.63, 3.8) is 0 Å². The van der Waals surface area contributed by atoms with Crippen molar-refractivity contribution < 1.29 is 16.4 Å². The smallest absolute Gasteiger partial charge is 0.322 e. The number of ether oxygens (including phenoxy) is 1. The van der Waals surface area contributed by atoms with E-state index >= 15 is 0 Å². The summed E-state index contributed by atoms with van der Waals surface area (Å²) in [5, 5.41) is 8.00. The summed E-state index contributed by atoms with van der Waals surface area (Å²) in [5.41, 5.74) is 0.799. The van der Waals surface area contributed by atoms with Crippen molar-refractivity contribution >= 4 is 5.97 Å². The van der Waals surface area contributed by atoms with Gasteiger partial charge >= 0.3 is 5.97 Å². The molecule has 0 aromatic carbocycles. The van der Waals surface area contributed by atoms with Crippen LogP contribution in [-0.2, 0) is 22.5 Å². The normalized spacial score (nSPS) is 15.9. The van der Waals surface area contributed by atoms with E-state index in [0.29, 0.717) is 25.8 Å². The molecule has 0 aliphatic rings. The number of aromatic nitrogens is 3. The van der Waals surface area contributed by atoms with Gasteiger partial charge in [-0.05, 0) is 32.7 Å². The third-order valence-corrected chi connectivity index (χ3v) is 3.19. The van der Waals surface area contributed by atoms with Crippen molar-refractivity contribution in [3.8, 4) is 0 Å². The van der Waals surface area contributed by atoms with Gasteiger partial charge in [0, 0.05) is 15.4 Å². The van der Waals surface area contributed by atoms with E-state index in [1.165, 1.54) is 14.0 Å². The van der Waals surface area contributed by atoms with Crippen molar-refractivity contribution in [2.24, 2.45) is 0 Å². The summed E-state index contributed by atoms with van der Waals surface area (Å²) in [6.07, 6.45) is 5.34. The van der Waals surface area contributed by atoms with Crippen LogP contribution >= 0.6 is 0 Å². The molecule has 0 aliphatic heterocycles. The first-order valence-corrected chi connectivity index (χ1v) is 7.14. The van der Waals surface area contributed by atoms with E-state index in [1.54, 1.807) is 10.8 Å². The molecule has 0 unspecified atom stereocenters. The molecule has 0 radical (unpaired) electrons. The first-order chi connectivity index (χ1) is 12.6. The van der Waals surface area contributed by atoms with Crippen molar-refractivity contribution in [2.75, 3.05) is 20.2 Å². The topological polar surface area (TPSA) is 60.2 Å². The predicted octanol–water partition coefficient (Wildman–Crippen LogP) is 1.84. The Morgan fingerprint density at radius 2 is 2.55 bits per heavy atom. The second-order valence-corrected chi connectivity index (χ2v) is 4.81. The number of esters is 1. The molecule has 0 bridgehead atoms. The Balaban J connectivity index is 2.78. The molecular weight excluding hydrogens is 280 g/mol. The third kappa shape index (κ3) is 5.81. The molecule has 1 rings (SSSR count). The van der Waals surface area contributed by atoms with E-state index in [9.17, 15) is 4.79 Å². The van der Waals surface area contributed by atoms with Gasteiger partial charge < -0.3 is 4.74 Å². The lowest BCUT2D eigenvalue weighted by molar-refractivity contribution is -0.146. The number of carbonyl (C=O) groups is 1. The van der Waals surface area contributed by atoms with Gasteiger partial charge in [0.25, 0.3) is 0 Å². The maximum Gasteiger partial charge on any atom is 0.322 e. The molecule has 0 spiro atoms. The van der Waals surface area contributed by atoms with Crippen LogP contribution < -0.4 is 0 Å². The fraction of sp³-hybridized carbons (Fsp3) is 0.562. The Bertz CT molecular complexity index is 674. The van der Waals surface area contributed by atoms with Gasteiger partial charge in [-0.2, -0.15) is 0 Å². The number of rotatable bonds is 11. The van der Waals surface area contributed by atoms with Gasteiger partial charge in [0.2, 0.25) is 0 Å². The summed E-state index contributed by atoms with van der Waals surface area (Å²) in [6, 6.07) is -1.76. The summed E-state index contributed by atoms with van der Waals surface area (Å²) >= 11 is 0. The lowest BCUT2D eigenvalue weighted by atomic mass is 10.1. The zero-order valence-electron chi connectivity index (χ0n) is 18.1. The Morgan fingerprint density at radius 3 is 3.23 bits per heavy atom. The highest BCUT2D eigenvalue weighted by molar-refractivity contribution is 5.75. The van der Waals surface area contributed by atoms with Crippen molar-refractivity contribution in [2.45, 2.75) is 38.8 Å². The number of carbonyl (C=O) groups excluding carboxylic acids is 1. The van der Waals surface area contributed by atoms with Crippen LogP contribution in [0.15, 0.2) is 31.4 Å². The van der Waals surface area contributed by atoms with Crippen LogP contribution in [0.2, 0.25) is 0 Å². The van der Waals surface area contributed by atoms with Crippen LogP contribution in [0.3, 0.4) is 0 Å². The second kappa shape index (κ2) is 9.89. The molecule has 0 N–H and O–H groups in total. The van der Waals surface area contributed by atoms with Gasteiger partial charge in [-0.15, -0.1) is 18.2 Å². The number of hydrogen-bond donors (Lipinski definition) is 0. The molecule has 1 atom stereocenters. The Hall–Kier alpha value is -1.95. The fourth-order valence-electron chi connectivity index (χ4n) is 1.98. The summed E-state index contributed by atoms with van der Waals surface area (Å²) in [7, 11) is 1.21. The van der Waals surface area contributed by atoms with Crippen LogP contribution in [0.5, 0.6) is 0 Å². The largest absolute Gasteiger partial charge is 0.468 e. The van der Waals surface area contributed by atoms with E-state index in [4.69, 9.17) is 6.85 Å². The molecule has 1 heterocycles. The monoisotopic (exact) mass is 311 g/mol. The first-order valence-electron chi connectivity index (χ1n) is 9.64. The van der Waals surface area contributed by atoms with Crippen LogP contribution in [0.4, 0.5) is 0 Å². The number of allylic oxidation sites excluding steroid dienone is 1. The highest BCUT2D eigenvalue weighted by atomic mass is 16.5. The molecule has 1 aromatic rings. The zero-order chi connectivity index (χ0) is 20.6. The van der Waals surface area contributed by atoms with Gasteiger partial charge in [0.05, 0.1) is 23.5 Å². The van der Waals surface area contributed by atoms with Gasteiger partial charge in [0.15, 0.2) is 0 Å². The maximum atomic E-state index is 11.9. The van der Waals surface area contributed by atoms with Crippen molar-refractivity contribution in [1.82, 2.24) is 19.9 Å². The van der Waals surface area contributed by atoms with E-state index < -0.39 is 31.1 Å². The Morgan fingerprint density at radius 1 is 1.73 bits per heavy atom. The van der Waals surface area contributed by atoms with Gasteiger partial charge in [-0.3, -0.25) is 9.69 Å². The number of methoxy groups -OCH3 is 1. The quantitative estimate of drug-likeness (QED) is 0.354. The number of unbranched alkanes of at least 4 members (excludes halogenated alkanes) is 1. The minimum atomic E-state index is -2.43.